The quantitative estimate of drug-likeness (QED) is 0.806. The Balaban J connectivity index is 1.96. The van der Waals surface area contributed by atoms with E-state index in [4.69, 9.17) is 11.6 Å². The standard InChI is InChI=1S/C12H16ClN/c1-9-5-6-11(13)7-10(9)8-14-12-3-2-4-12/h5-7,12,14H,2-4,8H2,1H3. The molecule has 1 aliphatic carbocycles. The second-order valence-corrected chi connectivity index (χ2v) is 4.52. The van der Waals surface area contributed by atoms with Gasteiger partial charge in [-0.05, 0) is 43.0 Å². The van der Waals surface area contributed by atoms with Crippen LogP contribution in [0.2, 0.25) is 5.02 Å². The minimum atomic E-state index is 0.744. The van der Waals surface area contributed by atoms with Crippen molar-refractivity contribution >= 4 is 11.6 Å². The lowest BCUT2D eigenvalue weighted by Crippen LogP contribution is -2.34. The molecule has 0 amide bonds. The van der Waals surface area contributed by atoms with Gasteiger partial charge in [0.1, 0.15) is 0 Å². The Morgan fingerprint density at radius 1 is 1.43 bits per heavy atom. The molecule has 0 atom stereocenters. The fraction of sp³-hybridized carbons (Fsp3) is 0.500. The van der Waals surface area contributed by atoms with Crippen LogP contribution in [0.5, 0.6) is 0 Å². The normalized spacial score (nSPS) is 16.7. The zero-order valence-corrected chi connectivity index (χ0v) is 9.27. The molecule has 14 heavy (non-hydrogen) atoms. The van der Waals surface area contributed by atoms with E-state index in [1.54, 1.807) is 0 Å². The summed E-state index contributed by atoms with van der Waals surface area (Å²) in [7, 11) is 0. The molecule has 1 aromatic rings. The predicted molar refractivity (Wildman–Crippen MR) is 60.7 cm³/mol. The molecule has 0 aliphatic heterocycles. The Morgan fingerprint density at radius 3 is 2.86 bits per heavy atom. The molecule has 0 unspecified atom stereocenters. The van der Waals surface area contributed by atoms with Gasteiger partial charge in [0, 0.05) is 17.6 Å². The lowest BCUT2D eigenvalue weighted by molar-refractivity contribution is 0.338. The van der Waals surface area contributed by atoms with Crippen molar-refractivity contribution in [1.29, 1.82) is 0 Å². The van der Waals surface area contributed by atoms with E-state index in [2.05, 4.69) is 24.4 Å². The highest BCUT2D eigenvalue weighted by Crippen LogP contribution is 2.20. The van der Waals surface area contributed by atoms with Gasteiger partial charge in [-0.2, -0.15) is 0 Å². The summed E-state index contributed by atoms with van der Waals surface area (Å²) in [6.45, 7) is 3.09. The van der Waals surface area contributed by atoms with Gasteiger partial charge in [0.25, 0.3) is 0 Å². The number of rotatable bonds is 3. The van der Waals surface area contributed by atoms with Crippen molar-refractivity contribution in [3.05, 3.63) is 34.3 Å². The number of hydrogen-bond donors (Lipinski definition) is 1. The van der Waals surface area contributed by atoms with Crippen LogP contribution in [0.25, 0.3) is 0 Å². The maximum absolute atomic E-state index is 5.95. The summed E-state index contributed by atoms with van der Waals surface area (Å²) in [6, 6.07) is 6.83. The molecule has 1 nitrogen and oxygen atoms in total. The number of halogens is 1. The first-order valence-corrected chi connectivity index (χ1v) is 5.62. The third kappa shape index (κ3) is 2.28. The van der Waals surface area contributed by atoms with E-state index in [-0.39, 0.29) is 0 Å². The highest BCUT2D eigenvalue weighted by atomic mass is 35.5. The highest BCUT2D eigenvalue weighted by molar-refractivity contribution is 6.30. The van der Waals surface area contributed by atoms with Crippen LogP contribution in [-0.4, -0.2) is 6.04 Å². The SMILES string of the molecule is Cc1ccc(Cl)cc1CNC1CCC1. The number of nitrogens with one attached hydrogen (secondary N) is 1. The van der Waals surface area contributed by atoms with Crippen molar-refractivity contribution in [2.75, 3.05) is 0 Å². The monoisotopic (exact) mass is 209 g/mol. The van der Waals surface area contributed by atoms with Crippen molar-refractivity contribution in [1.82, 2.24) is 5.32 Å². The van der Waals surface area contributed by atoms with Crippen molar-refractivity contribution < 1.29 is 0 Å². The average molecular weight is 210 g/mol. The third-order valence-corrected chi connectivity index (χ3v) is 3.23. The molecule has 2 heteroatoms. The summed E-state index contributed by atoms with van der Waals surface area (Å²) in [4.78, 5) is 0. The molecule has 0 saturated heterocycles. The summed E-state index contributed by atoms with van der Waals surface area (Å²) in [5, 5.41) is 4.38. The third-order valence-electron chi connectivity index (χ3n) is 3.00. The first-order chi connectivity index (χ1) is 6.75. The molecular weight excluding hydrogens is 194 g/mol. The first kappa shape index (κ1) is 10.0. The van der Waals surface area contributed by atoms with E-state index >= 15 is 0 Å². The fourth-order valence-electron chi connectivity index (χ4n) is 1.70. The maximum atomic E-state index is 5.95. The van der Waals surface area contributed by atoms with E-state index in [1.165, 1.54) is 30.4 Å². The van der Waals surface area contributed by atoms with E-state index in [1.807, 2.05) is 6.07 Å². The molecule has 0 heterocycles. The van der Waals surface area contributed by atoms with Crippen LogP contribution in [0.4, 0.5) is 0 Å². The van der Waals surface area contributed by atoms with Gasteiger partial charge in [0.15, 0.2) is 0 Å². The summed E-state index contributed by atoms with van der Waals surface area (Å²) in [5.41, 5.74) is 2.64. The van der Waals surface area contributed by atoms with Gasteiger partial charge in [0.2, 0.25) is 0 Å². The Labute approximate surface area is 90.5 Å². The van der Waals surface area contributed by atoms with Gasteiger partial charge in [-0.15, -0.1) is 0 Å². The second-order valence-electron chi connectivity index (χ2n) is 4.08. The average Bonchev–Trinajstić information content (AvgIpc) is 2.08. The number of aryl methyl sites for hydroxylation is 1. The first-order valence-electron chi connectivity index (χ1n) is 5.24. The summed E-state index contributed by atoms with van der Waals surface area (Å²) < 4.78 is 0. The molecule has 76 valence electrons. The van der Waals surface area contributed by atoms with Gasteiger partial charge in [-0.1, -0.05) is 24.1 Å². The van der Waals surface area contributed by atoms with Crippen LogP contribution < -0.4 is 5.32 Å². The molecule has 1 aliphatic rings. The number of hydrogen-bond acceptors (Lipinski definition) is 1. The Kier molecular flexibility index (Phi) is 3.09. The molecule has 1 aromatic carbocycles. The minimum absolute atomic E-state index is 0.744. The van der Waals surface area contributed by atoms with Crippen molar-refractivity contribution in [2.24, 2.45) is 0 Å². The number of benzene rings is 1. The van der Waals surface area contributed by atoms with Crippen LogP contribution in [0.3, 0.4) is 0 Å². The summed E-state index contributed by atoms with van der Waals surface area (Å²) in [6.07, 6.45) is 4.05. The molecule has 0 radical (unpaired) electrons. The maximum Gasteiger partial charge on any atom is 0.0409 e. The van der Waals surface area contributed by atoms with Crippen LogP contribution in [0.15, 0.2) is 18.2 Å². The van der Waals surface area contributed by atoms with Gasteiger partial charge < -0.3 is 5.32 Å². The highest BCUT2D eigenvalue weighted by Gasteiger charge is 2.16. The molecule has 2 rings (SSSR count). The fourth-order valence-corrected chi connectivity index (χ4v) is 1.89. The zero-order valence-electron chi connectivity index (χ0n) is 8.52. The molecule has 0 aromatic heterocycles. The largest absolute Gasteiger partial charge is 0.310 e. The van der Waals surface area contributed by atoms with E-state index < -0.39 is 0 Å². The molecular formula is C12H16ClN. The van der Waals surface area contributed by atoms with Crippen LogP contribution in [-0.2, 0) is 6.54 Å². The lowest BCUT2D eigenvalue weighted by atomic mass is 9.93. The molecule has 0 bridgehead atoms. The Hall–Kier alpha value is -0.530. The van der Waals surface area contributed by atoms with Crippen LogP contribution in [0.1, 0.15) is 30.4 Å². The second kappa shape index (κ2) is 4.33. The summed E-state index contributed by atoms with van der Waals surface area (Å²) >= 11 is 5.95. The van der Waals surface area contributed by atoms with E-state index in [0.717, 1.165) is 17.6 Å². The Bertz CT molecular complexity index is 318. The van der Waals surface area contributed by atoms with Gasteiger partial charge in [-0.25, -0.2) is 0 Å². The molecule has 0 spiro atoms. The van der Waals surface area contributed by atoms with Gasteiger partial charge >= 0.3 is 0 Å². The topological polar surface area (TPSA) is 12.0 Å². The van der Waals surface area contributed by atoms with Crippen molar-refractivity contribution in [3.63, 3.8) is 0 Å². The Morgan fingerprint density at radius 2 is 2.21 bits per heavy atom. The van der Waals surface area contributed by atoms with Crippen molar-refractivity contribution in [2.45, 2.75) is 38.8 Å². The van der Waals surface area contributed by atoms with Gasteiger partial charge in [-0.3, -0.25) is 0 Å². The smallest absolute Gasteiger partial charge is 0.0409 e. The molecule has 1 N–H and O–H groups in total. The molecule has 1 fully saturated rings. The summed E-state index contributed by atoms with van der Waals surface area (Å²) in [5.74, 6) is 0. The van der Waals surface area contributed by atoms with E-state index in [9.17, 15) is 0 Å². The van der Waals surface area contributed by atoms with Crippen molar-refractivity contribution in [3.8, 4) is 0 Å². The van der Waals surface area contributed by atoms with Crippen LogP contribution >= 0.6 is 11.6 Å². The van der Waals surface area contributed by atoms with E-state index in [0.29, 0.717) is 0 Å². The zero-order chi connectivity index (χ0) is 9.97. The predicted octanol–water partition coefficient (Wildman–Crippen LogP) is 3.29. The molecule has 1 saturated carbocycles. The minimum Gasteiger partial charge on any atom is -0.310 e. The lowest BCUT2D eigenvalue weighted by Gasteiger charge is -2.26. The van der Waals surface area contributed by atoms with Gasteiger partial charge in [0.05, 0.1) is 0 Å². The van der Waals surface area contributed by atoms with Crippen LogP contribution in [0, 0.1) is 6.92 Å².